The molecule has 0 radical (unpaired) electrons. The van der Waals surface area contributed by atoms with Gasteiger partial charge in [0.05, 0.1) is 5.75 Å². The molecule has 0 saturated heterocycles. The molecule has 0 bridgehead atoms. The Morgan fingerprint density at radius 1 is 1.47 bits per heavy atom. The van der Waals surface area contributed by atoms with Crippen molar-refractivity contribution in [3.63, 3.8) is 0 Å². The molecule has 4 heteroatoms. The standard InChI is InChI=1S/C11H22N2OS/c1-11(2,3)15-7-10(14)13-9-6-4-5-8(9)12/h8-9H,4-7,12H2,1-3H3,(H,13,14). The summed E-state index contributed by atoms with van der Waals surface area (Å²) < 4.78 is 0.148. The normalized spacial score (nSPS) is 26.7. The summed E-state index contributed by atoms with van der Waals surface area (Å²) in [5.74, 6) is 0.657. The number of hydrogen-bond donors (Lipinski definition) is 2. The molecule has 2 atom stereocenters. The van der Waals surface area contributed by atoms with Gasteiger partial charge in [0.2, 0.25) is 5.91 Å². The highest BCUT2D eigenvalue weighted by Crippen LogP contribution is 2.23. The van der Waals surface area contributed by atoms with E-state index in [2.05, 4.69) is 26.1 Å². The number of carbonyl (C=O) groups excluding carboxylic acids is 1. The van der Waals surface area contributed by atoms with Crippen LogP contribution < -0.4 is 11.1 Å². The van der Waals surface area contributed by atoms with E-state index in [9.17, 15) is 4.79 Å². The molecule has 1 amide bonds. The summed E-state index contributed by atoms with van der Waals surface area (Å²) in [7, 11) is 0. The number of nitrogens with one attached hydrogen (secondary N) is 1. The average molecular weight is 230 g/mol. The molecule has 3 nitrogen and oxygen atoms in total. The van der Waals surface area contributed by atoms with Crippen molar-refractivity contribution in [1.82, 2.24) is 5.32 Å². The van der Waals surface area contributed by atoms with Crippen LogP contribution >= 0.6 is 11.8 Å². The van der Waals surface area contributed by atoms with Crippen molar-refractivity contribution in [2.75, 3.05) is 5.75 Å². The van der Waals surface area contributed by atoms with Crippen LogP contribution in [-0.2, 0) is 4.79 Å². The first-order valence-electron chi connectivity index (χ1n) is 5.57. The molecular weight excluding hydrogens is 208 g/mol. The van der Waals surface area contributed by atoms with Crippen LogP contribution in [0.3, 0.4) is 0 Å². The molecule has 15 heavy (non-hydrogen) atoms. The van der Waals surface area contributed by atoms with Gasteiger partial charge in [-0.3, -0.25) is 4.79 Å². The summed E-state index contributed by atoms with van der Waals surface area (Å²) in [6.45, 7) is 6.35. The number of amides is 1. The van der Waals surface area contributed by atoms with Crippen molar-refractivity contribution in [2.24, 2.45) is 5.73 Å². The zero-order chi connectivity index (χ0) is 11.5. The second-order valence-corrected chi connectivity index (χ2v) is 6.97. The first-order valence-corrected chi connectivity index (χ1v) is 6.56. The third-order valence-electron chi connectivity index (χ3n) is 2.55. The van der Waals surface area contributed by atoms with Gasteiger partial charge in [0.15, 0.2) is 0 Å². The molecule has 0 aromatic heterocycles. The molecule has 0 heterocycles. The highest BCUT2D eigenvalue weighted by atomic mass is 32.2. The second kappa shape index (κ2) is 5.21. The SMILES string of the molecule is CC(C)(C)SCC(=O)NC1CCCC1N. The van der Waals surface area contributed by atoms with Crippen LogP contribution in [0.5, 0.6) is 0 Å². The molecule has 1 aliphatic carbocycles. The average Bonchev–Trinajstić information content (AvgIpc) is 2.47. The van der Waals surface area contributed by atoms with Gasteiger partial charge in [-0.2, -0.15) is 0 Å². The monoisotopic (exact) mass is 230 g/mol. The van der Waals surface area contributed by atoms with Crippen molar-refractivity contribution in [3.8, 4) is 0 Å². The van der Waals surface area contributed by atoms with E-state index in [1.54, 1.807) is 11.8 Å². The maximum absolute atomic E-state index is 11.6. The summed E-state index contributed by atoms with van der Waals surface area (Å²) in [6, 6.07) is 0.367. The predicted molar refractivity (Wildman–Crippen MR) is 66.0 cm³/mol. The van der Waals surface area contributed by atoms with E-state index < -0.39 is 0 Å². The Hall–Kier alpha value is -0.220. The van der Waals surface area contributed by atoms with E-state index in [0.29, 0.717) is 5.75 Å². The Labute approximate surface area is 96.6 Å². The molecule has 1 fully saturated rings. The van der Waals surface area contributed by atoms with Crippen LogP contribution in [-0.4, -0.2) is 28.5 Å². The van der Waals surface area contributed by atoms with Crippen LogP contribution in [0.2, 0.25) is 0 Å². The van der Waals surface area contributed by atoms with Gasteiger partial charge in [0.1, 0.15) is 0 Å². The predicted octanol–water partition coefficient (Wildman–Crippen LogP) is 1.51. The van der Waals surface area contributed by atoms with Gasteiger partial charge in [0, 0.05) is 16.8 Å². The zero-order valence-corrected chi connectivity index (χ0v) is 10.7. The Morgan fingerprint density at radius 3 is 2.60 bits per heavy atom. The first-order chi connectivity index (χ1) is 6.88. The van der Waals surface area contributed by atoms with Gasteiger partial charge in [-0.25, -0.2) is 0 Å². The summed E-state index contributed by atoms with van der Waals surface area (Å²) >= 11 is 1.67. The number of hydrogen-bond acceptors (Lipinski definition) is 3. The quantitative estimate of drug-likeness (QED) is 0.773. The highest BCUT2D eigenvalue weighted by molar-refractivity contribution is 8.01. The van der Waals surface area contributed by atoms with Crippen LogP contribution in [0.4, 0.5) is 0 Å². The van der Waals surface area contributed by atoms with Crippen molar-refractivity contribution in [1.29, 1.82) is 0 Å². The molecule has 0 spiro atoms. The topological polar surface area (TPSA) is 55.1 Å². The molecule has 88 valence electrons. The van der Waals surface area contributed by atoms with Crippen LogP contribution in [0, 0.1) is 0 Å². The van der Waals surface area contributed by atoms with Gasteiger partial charge in [-0.15, -0.1) is 11.8 Å². The number of nitrogens with two attached hydrogens (primary N) is 1. The second-order valence-electron chi connectivity index (χ2n) is 5.17. The minimum atomic E-state index is 0.122. The number of rotatable bonds is 3. The highest BCUT2D eigenvalue weighted by Gasteiger charge is 2.25. The summed E-state index contributed by atoms with van der Waals surface area (Å²) in [4.78, 5) is 11.6. The minimum absolute atomic E-state index is 0.122. The number of thioether (sulfide) groups is 1. The van der Waals surface area contributed by atoms with Gasteiger partial charge >= 0.3 is 0 Å². The smallest absolute Gasteiger partial charge is 0.230 e. The van der Waals surface area contributed by atoms with Gasteiger partial charge in [0.25, 0.3) is 0 Å². The lowest BCUT2D eigenvalue weighted by atomic mass is 10.2. The van der Waals surface area contributed by atoms with E-state index in [1.807, 2.05) is 0 Å². The Balaban J connectivity index is 2.24. The largest absolute Gasteiger partial charge is 0.351 e. The molecule has 0 aromatic rings. The van der Waals surface area contributed by atoms with Gasteiger partial charge < -0.3 is 11.1 Å². The lowest BCUT2D eigenvalue weighted by molar-refractivity contribution is -0.119. The Kier molecular flexibility index (Phi) is 4.46. The fraction of sp³-hybridized carbons (Fsp3) is 0.909. The maximum atomic E-state index is 11.6. The summed E-state index contributed by atoms with van der Waals surface area (Å²) in [6.07, 6.45) is 3.21. The van der Waals surface area contributed by atoms with Crippen molar-refractivity contribution in [3.05, 3.63) is 0 Å². The first kappa shape index (κ1) is 12.8. The van der Waals surface area contributed by atoms with Crippen LogP contribution in [0.25, 0.3) is 0 Å². The number of carbonyl (C=O) groups is 1. The fourth-order valence-electron chi connectivity index (χ4n) is 1.70. The van der Waals surface area contributed by atoms with Gasteiger partial charge in [-0.05, 0) is 19.3 Å². The van der Waals surface area contributed by atoms with E-state index in [-0.39, 0.29) is 22.7 Å². The van der Waals surface area contributed by atoms with E-state index in [1.165, 1.54) is 0 Å². The van der Waals surface area contributed by atoms with Crippen LogP contribution in [0.1, 0.15) is 40.0 Å². The van der Waals surface area contributed by atoms with Crippen molar-refractivity contribution >= 4 is 17.7 Å². The molecule has 3 N–H and O–H groups in total. The zero-order valence-electron chi connectivity index (χ0n) is 9.88. The molecule has 0 aromatic carbocycles. The molecule has 1 rings (SSSR count). The van der Waals surface area contributed by atoms with Crippen molar-refractivity contribution in [2.45, 2.75) is 56.9 Å². The minimum Gasteiger partial charge on any atom is -0.351 e. The van der Waals surface area contributed by atoms with Crippen molar-refractivity contribution < 1.29 is 4.79 Å². The molecule has 1 saturated carbocycles. The molecular formula is C11H22N2OS. The van der Waals surface area contributed by atoms with E-state index in [0.717, 1.165) is 19.3 Å². The molecule has 0 aliphatic heterocycles. The molecule has 2 unspecified atom stereocenters. The molecule has 1 aliphatic rings. The van der Waals surface area contributed by atoms with Gasteiger partial charge in [-0.1, -0.05) is 20.8 Å². The summed E-state index contributed by atoms with van der Waals surface area (Å²) in [5, 5.41) is 3.02. The third-order valence-corrected chi connectivity index (χ3v) is 3.82. The Bertz CT molecular complexity index is 225. The lowest BCUT2D eigenvalue weighted by Gasteiger charge is -2.20. The summed E-state index contributed by atoms with van der Waals surface area (Å²) in [5.41, 5.74) is 5.89. The third kappa shape index (κ3) is 4.89. The van der Waals surface area contributed by atoms with Crippen LogP contribution in [0.15, 0.2) is 0 Å². The maximum Gasteiger partial charge on any atom is 0.230 e. The van der Waals surface area contributed by atoms with E-state index in [4.69, 9.17) is 5.73 Å². The Morgan fingerprint density at radius 2 is 2.13 bits per heavy atom. The lowest BCUT2D eigenvalue weighted by Crippen LogP contribution is -2.44. The van der Waals surface area contributed by atoms with E-state index >= 15 is 0 Å². The fourth-order valence-corrected chi connectivity index (χ4v) is 2.35.